The van der Waals surface area contributed by atoms with Crippen LogP contribution in [0, 0.1) is 5.92 Å². The molecule has 1 aliphatic rings. The van der Waals surface area contributed by atoms with Crippen molar-refractivity contribution in [1.82, 2.24) is 10.3 Å². The van der Waals surface area contributed by atoms with Crippen molar-refractivity contribution in [2.24, 2.45) is 5.92 Å². The summed E-state index contributed by atoms with van der Waals surface area (Å²) in [6, 6.07) is 5.51. The molecule has 0 radical (unpaired) electrons. The van der Waals surface area contributed by atoms with Gasteiger partial charge in [-0.15, -0.1) is 0 Å². The van der Waals surface area contributed by atoms with Crippen LogP contribution < -0.4 is 10.2 Å². The van der Waals surface area contributed by atoms with Gasteiger partial charge in [0, 0.05) is 18.6 Å². The number of hydrogen-bond donors (Lipinski definition) is 1. The summed E-state index contributed by atoms with van der Waals surface area (Å²) >= 11 is 0. The molecule has 2 rings (SSSR count). The second kappa shape index (κ2) is 7.07. The molecule has 0 aliphatic carbocycles. The lowest BCUT2D eigenvalue weighted by Crippen LogP contribution is -2.33. The second-order valence-corrected chi connectivity index (χ2v) is 6.11. The SMILES string of the molecule is CCNC(CC)c1ccc(N2CCCC2C(C)C)cn1. The molecule has 1 saturated heterocycles. The topological polar surface area (TPSA) is 28.2 Å². The van der Waals surface area contributed by atoms with Gasteiger partial charge < -0.3 is 10.2 Å². The number of nitrogens with zero attached hydrogens (tertiary/aromatic N) is 2. The van der Waals surface area contributed by atoms with Crippen LogP contribution in [-0.2, 0) is 0 Å². The van der Waals surface area contributed by atoms with E-state index in [0.717, 1.165) is 13.0 Å². The van der Waals surface area contributed by atoms with E-state index in [4.69, 9.17) is 4.98 Å². The molecule has 2 heterocycles. The molecule has 1 aromatic heterocycles. The summed E-state index contributed by atoms with van der Waals surface area (Å²) in [5.74, 6) is 0.710. The van der Waals surface area contributed by atoms with Crippen molar-refractivity contribution in [3.63, 3.8) is 0 Å². The van der Waals surface area contributed by atoms with Gasteiger partial charge >= 0.3 is 0 Å². The van der Waals surface area contributed by atoms with Crippen LogP contribution in [0.3, 0.4) is 0 Å². The Labute approximate surface area is 123 Å². The van der Waals surface area contributed by atoms with Crippen LogP contribution in [0.25, 0.3) is 0 Å². The summed E-state index contributed by atoms with van der Waals surface area (Å²) in [6.07, 6.45) is 5.77. The van der Waals surface area contributed by atoms with Crippen molar-refractivity contribution >= 4 is 5.69 Å². The Hall–Kier alpha value is -1.09. The van der Waals surface area contributed by atoms with Crippen molar-refractivity contribution in [1.29, 1.82) is 0 Å². The van der Waals surface area contributed by atoms with Gasteiger partial charge in [-0.3, -0.25) is 4.98 Å². The Morgan fingerprint density at radius 2 is 2.15 bits per heavy atom. The summed E-state index contributed by atoms with van der Waals surface area (Å²) in [4.78, 5) is 7.24. The maximum absolute atomic E-state index is 4.70. The maximum atomic E-state index is 4.70. The molecule has 1 N–H and O–H groups in total. The summed E-state index contributed by atoms with van der Waals surface area (Å²) in [5, 5.41) is 3.49. The number of pyridine rings is 1. The molecule has 2 atom stereocenters. The van der Waals surface area contributed by atoms with E-state index < -0.39 is 0 Å². The molecule has 1 fully saturated rings. The van der Waals surface area contributed by atoms with Crippen LogP contribution in [0.5, 0.6) is 0 Å². The lowest BCUT2D eigenvalue weighted by Gasteiger charge is -2.29. The van der Waals surface area contributed by atoms with Gasteiger partial charge in [-0.2, -0.15) is 0 Å². The number of hydrogen-bond acceptors (Lipinski definition) is 3. The van der Waals surface area contributed by atoms with Crippen molar-refractivity contribution in [2.45, 2.75) is 59.0 Å². The van der Waals surface area contributed by atoms with E-state index in [1.54, 1.807) is 0 Å². The highest BCUT2D eigenvalue weighted by Gasteiger charge is 2.27. The minimum absolute atomic E-state index is 0.383. The predicted molar refractivity (Wildman–Crippen MR) is 86.2 cm³/mol. The molecule has 112 valence electrons. The zero-order valence-electron chi connectivity index (χ0n) is 13.4. The molecule has 0 amide bonds. The molecule has 0 spiro atoms. The monoisotopic (exact) mass is 275 g/mol. The Kier molecular flexibility index (Phi) is 5.41. The van der Waals surface area contributed by atoms with Crippen LogP contribution in [0.1, 0.15) is 58.7 Å². The molecule has 0 aromatic carbocycles. The highest BCUT2D eigenvalue weighted by Crippen LogP contribution is 2.29. The van der Waals surface area contributed by atoms with Gasteiger partial charge in [-0.25, -0.2) is 0 Å². The first kappa shape index (κ1) is 15.3. The molecule has 0 saturated carbocycles. The molecule has 3 heteroatoms. The van der Waals surface area contributed by atoms with Gasteiger partial charge in [-0.05, 0) is 43.9 Å². The molecular formula is C17H29N3. The fourth-order valence-corrected chi connectivity index (χ4v) is 3.28. The lowest BCUT2D eigenvalue weighted by atomic mass is 10.0. The van der Waals surface area contributed by atoms with Crippen LogP contribution in [0.4, 0.5) is 5.69 Å². The first-order chi connectivity index (χ1) is 9.67. The van der Waals surface area contributed by atoms with E-state index in [0.29, 0.717) is 18.0 Å². The van der Waals surface area contributed by atoms with E-state index in [9.17, 15) is 0 Å². The maximum Gasteiger partial charge on any atom is 0.0574 e. The van der Waals surface area contributed by atoms with E-state index >= 15 is 0 Å². The van der Waals surface area contributed by atoms with Gasteiger partial charge in [0.25, 0.3) is 0 Å². The first-order valence-electron chi connectivity index (χ1n) is 8.13. The third-order valence-corrected chi connectivity index (χ3v) is 4.39. The highest BCUT2D eigenvalue weighted by molar-refractivity contribution is 5.47. The van der Waals surface area contributed by atoms with Crippen LogP contribution >= 0.6 is 0 Å². The zero-order valence-corrected chi connectivity index (χ0v) is 13.4. The standard InChI is InChI=1S/C17H29N3/c1-5-15(18-6-2)16-10-9-14(12-19-16)20-11-7-8-17(20)13(3)4/h9-10,12-13,15,17-18H,5-8,11H2,1-4H3. The average Bonchev–Trinajstić information content (AvgIpc) is 2.94. The first-order valence-corrected chi connectivity index (χ1v) is 8.13. The second-order valence-electron chi connectivity index (χ2n) is 6.11. The Bertz CT molecular complexity index is 399. The minimum Gasteiger partial charge on any atom is -0.367 e. The fourth-order valence-electron chi connectivity index (χ4n) is 3.28. The van der Waals surface area contributed by atoms with Crippen LogP contribution in [0.15, 0.2) is 18.3 Å². The van der Waals surface area contributed by atoms with Crippen molar-refractivity contribution in [3.05, 3.63) is 24.0 Å². The van der Waals surface area contributed by atoms with E-state index in [2.05, 4.69) is 56.2 Å². The van der Waals surface area contributed by atoms with Crippen molar-refractivity contribution < 1.29 is 0 Å². The number of anilines is 1. The van der Waals surface area contributed by atoms with Crippen molar-refractivity contribution in [2.75, 3.05) is 18.0 Å². The molecule has 2 unspecified atom stereocenters. The van der Waals surface area contributed by atoms with Gasteiger partial charge in [0.05, 0.1) is 17.6 Å². The number of aromatic nitrogens is 1. The van der Waals surface area contributed by atoms with Gasteiger partial charge in [-0.1, -0.05) is 27.7 Å². The van der Waals surface area contributed by atoms with Crippen molar-refractivity contribution in [3.8, 4) is 0 Å². The highest BCUT2D eigenvalue weighted by atomic mass is 15.2. The zero-order chi connectivity index (χ0) is 14.5. The lowest BCUT2D eigenvalue weighted by molar-refractivity contribution is 0.491. The Morgan fingerprint density at radius 3 is 2.70 bits per heavy atom. The van der Waals surface area contributed by atoms with E-state index in [-0.39, 0.29) is 0 Å². The fraction of sp³-hybridized carbons (Fsp3) is 0.706. The Balaban J connectivity index is 2.11. The van der Waals surface area contributed by atoms with Gasteiger partial charge in [0.1, 0.15) is 0 Å². The summed E-state index contributed by atoms with van der Waals surface area (Å²) in [6.45, 7) is 11.2. The van der Waals surface area contributed by atoms with Gasteiger partial charge in [0.2, 0.25) is 0 Å². The Morgan fingerprint density at radius 1 is 1.35 bits per heavy atom. The largest absolute Gasteiger partial charge is 0.367 e. The third kappa shape index (κ3) is 3.32. The summed E-state index contributed by atoms with van der Waals surface area (Å²) < 4.78 is 0. The molecule has 20 heavy (non-hydrogen) atoms. The van der Waals surface area contributed by atoms with Crippen LogP contribution in [-0.4, -0.2) is 24.1 Å². The minimum atomic E-state index is 0.383. The van der Waals surface area contributed by atoms with E-state index in [1.165, 1.54) is 30.8 Å². The summed E-state index contributed by atoms with van der Waals surface area (Å²) in [5.41, 5.74) is 2.45. The summed E-state index contributed by atoms with van der Waals surface area (Å²) in [7, 11) is 0. The smallest absolute Gasteiger partial charge is 0.0574 e. The van der Waals surface area contributed by atoms with E-state index in [1.807, 2.05) is 0 Å². The molecule has 1 aromatic rings. The number of nitrogens with one attached hydrogen (secondary N) is 1. The third-order valence-electron chi connectivity index (χ3n) is 4.39. The molecular weight excluding hydrogens is 246 g/mol. The molecule has 3 nitrogen and oxygen atoms in total. The molecule has 0 bridgehead atoms. The average molecular weight is 275 g/mol. The number of rotatable bonds is 6. The van der Waals surface area contributed by atoms with Crippen LogP contribution in [0.2, 0.25) is 0 Å². The normalized spacial score (nSPS) is 20.6. The molecule has 1 aliphatic heterocycles. The quantitative estimate of drug-likeness (QED) is 0.856. The van der Waals surface area contributed by atoms with Gasteiger partial charge in [0.15, 0.2) is 0 Å². The predicted octanol–water partition coefficient (Wildman–Crippen LogP) is 3.77.